The molecule has 1 saturated heterocycles. The predicted octanol–water partition coefficient (Wildman–Crippen LogP) is 0.805. The van der Waals surface area contributed by atoms with Crippen molar-refractivity contribution in [3.8, 4) is 5.75 Å². The number of hydrogen-bond acceptors (Lipinski definition) is 5. The number of sulfonamides is 1. The number of hydrogen-bond donors (Lipinski definition) is 1. The molecule has 1 aliphatic rings. The second-order valence-electron chi connectivity index (χ2n) is 6.12. The summed E-state index contributed by atoms with van der Waals surface area (Å²) in [6.07, 6.45) is 3.55. The molecule has 136 valence electrons. The number of aromatic nitrogens is 2. The van der Waals surface area contributed by atoms with E-state index in [0.29, 0.717) is 48.9 Å². The first kappa shape index (κ1) is 17.7. The van der Waals surface area contributed by atoms with E-state index in [1.165, 1.54) is 10.6 Å². The van der Waals surface area contributed by atoms with Crippen LogP contribution in [0.1, 0.15) is 29.5 Å². The molecule has 3 rings (SSSR count). The van der Waals surface area contributed by atoms with Crippen LogP contribution in [0.3, 0.4) is 0 Å². The molecule has 25 heavy (non-hydrogen) atoms. The topological polar surface area (TPSA) is 93.0 Å². The first-order chi connectivity index (χ1) is 11.8. The number of carbonyl (C=O) groups is 1. The Balaban J connectivity index is 1.84. The molecule has 1 aliphatic heterocycles. The molecule has 0 unspecified atom stereocenters. The zero-order chi connectivity index (χ0) is 18.2. The summed E-state index contributed by atoms with van der Waals surface area (Å²) in [5.41, 5.74) is 1.63. The number of rotatable bonds is 5. The first-order valence-electron chi connectivity index (χ1n) is 8.17. The Morgan fingerprint density at radius 2 is 2.24 bits per heavy atom. The highest BCUT2D eigenvalue weighted by atomic mass is 32.2. The van der Waals surface area contributed by atoms with Crippen molar-refractivity contribution in [3.63, 3.8) is 0 Å². The van der Waals surface area contributed by atoms with Gasteiger partial charge in [0.1, 0.15) is 5.69 Å². The molecule has 1 amide bonds. The third kappa shape index (κ3) is 3.47. The summed E-state index contributed by atoms with van der Waals surface area (Å²) < 4.78 is 31.9. The maximum Gasteiger partial charge on any atom is 0.270 e. The third-order valence-corrected chi connectivity index (χ3v) is 5.53. The van der Waals surface area contributed by atoms with Gasteiger partial charge in [0.2, 0.25) is 10.0 Å². The lowest BCUT2D eigenvalue weighted by Crippen LogP contribution is -2.38. The molecule has 9 heteroatoms. The van der Waals surface area contributed by atoms with Gasteiger partial charge in [0.15, 0.2) is 11.4 Å². The van der Waals surface area contributed by atoms with Gasteiger partial charge in [-0.15, -0.1) is 0 Å². The summed E-state index contributed by atoms with van der Waals surface area (Å²) in [4.78, 5) is 17.2. The maximum absolute atomic E-state index is 12.7. The van der Waals surface area contributed by atoms with Crippen molar-refractivity contribution in [2.45, 2.75) is 26.3 Å². The van der Waals surface area contributed by atoms with Crippen molar-refractivity contribution in [3.05, 3.63) is 29.7 Å². The lowest BCUT2D eigenvalue weighted by molar-refractivity contribution is 0.0932. The molecule has 2 aromatic heterocycles. The molecular weight excluding hydrogens is 344 g/mol. The van der Waals surface area contributed by atoms with E-state index < -0.39 is 10.0 Å². The van der Waals surface area contributed by atoms with E-state index in [-0.39, 0.29) is 11.9 Å². The lowest BCUT2D eigenvalue weighted by Gasteiger charge is -2.15. The minimum atomic E-state index is -3.23. The van der Waals surface area contributed by atoms with E-state index in [9.17, 15) is 13.2 Å². The third-order valence-electron chi connectivity index (χ3n) is 4.26. The zero-order valence-corrected chi connectivity index (χ0v) is 15.3. The Kier molecular flexibility index (Phi) is 4.70. The maximum atomic E-state index is 12.7. The van der Waals surface area contributed by atoms with E-state index in [2.05, 4.69) is 10.3 Å². The number of ether oxygens (including phenoxy) is 1. The highest BCUT2D eigenvalue weighted by Crippen LogP contribution is 2.22. The molecule has 0 aromatic carbocycles. The minimum Gasteiger partial charge on any atom is -0.490 e. The second kappa shape index (κ2) is 6.64. The van der Waals surface area contributed by atoms with Crippen molar-refractivity contribution in [2.24, 2.45) is 0 Å². The van der Waals surface area contributed by atoms with Crippen LogP contribution in [-0.2, 0) is 10.0 Å². The fourth-order valence-corrected chi connectivity index (χ4v) is 3.99. The van der Waals surface area contributed by atoms with Crippen LogP contribution in [0.5, 0.6) is 5.75 Å². The van der Waals surface area contributed by atoms with Crippen molar-refractivity contribution in [1.82, 2.24) is 19.0 Å². The van der Waals surface area contributed by atoms with E-state index in [4.69, 9.17) is 4.74 Å². The molecule has 0 saturated carbocycles. The lowest BCUT2D eigenvalue weighted by atomic mass is 10.2. The van der Waals surface area contributed by atoms with Gasteiger partial charge < -0.3 is 10.1 Å². The number of imidazole rings is 1. The number of aryl methyl sites for hydroxylation is 1. The Bertz CT molecular complexity index is 906. The van der Waals surface area contributed by atoms with Crippen molar-refractivity contribution < 1.29 is 17.9 Å². The molecule has 1 N–H and O–H groups in total. The summed E-state index contributed by atoms with van der Waals surface area (Å²) in [6.45, 7) is 4.89. The highest BCUT2D eigenvalue weighted by molar-refractivity contribution is 7.88. The first-order valence-corrected chi connectivity index (χ1v) is 10.0. The van der Waals surface area contributed by atoms with Gasteiger partial charge in [0, 0.05) is 25.3 Å². The van der Waals surface area contributed by atoms with Gasteiger partial charge in [-0.25, -0.2) is 17.7 Å². The predicted molar refractivity (Wildman–Crippen MR) is 93.4 cm³/mol. The van der Waals surface area contributed by atoms with Gasteiger partial charge in [0.05, 0.1) is 18.6 Å². The Hall–Kier alpha value is -2.13. The summed E-state index contributed by atoms with van der Waals surface area (Å²) in [7, 11) is -3.23. The van der Waals surface area contributed by atoms with Crippen LogP contribution in [0.25, 0.3) is 5.65 Å². The number of amides is 1. The zero-order valence-electron chi connectivity index (χ0n) is 14.5. The summed E-state index contributed by atoms with van der Waals surface area (Å²) >= 11 is 0. The SMILES string of the molecule is CCOc1cccn2c(C(=O)N[C@@H]3CCN(S(C)(=O)=O)C3)c(C)nc12. The average molecular weight is 366 g/mol. The molecule has 0 bridgehead atoms. The molecular formula is C16H22N4O4S. The summed E-state index contributed by atoms with van der Waals surface area (Å²) in [5.74, 6) is 0.357. The van der Waals surface area contributed by atoms with Gasteiger partial charge >= 0.3 is 0 Å². The van der Waals surface area contributed by atoms with Crippen LogP contribution in [0, 0.1) is 6.92 Å². The molecule has 0 radical (unpaired) electrons. The van der Waals surface area contributed by atoms with E-state index in [1.54, 1.807) is 23.6 Å². The smallest absolute Gasteiger partial charge is 0.270 e. The summed E-state index contributed by atoms with van der Waals surface area (Å²) in [5, 5.41) is 2.92. The fraction of sp³-hybridized carbons (Fsp3) is 0.500. The quantitative estimate of drug-likeness (QED) is 0.845. The second-order valence-corrected chi connectivity index (χ2v) is 8.11. The average Bonchev–Trinajstić information content (AvgIpc) is 3.11. The van der Waals surface area contributed by atoms with Gasteiger partial charge in [0.25, 0.3) is 5.91 Å². The van der Waals surface area contributed by atoms with Crippen LogP contribution in [0.4, 0.5) is 0 Å². The molecule has 8 nitrogen and oxygen atoms in total. The number of fused-ring (bicyclic) bond motifs is 1. The Labute approximate surface area is 146 Å². The molecule has 0 spiro atoms. The van der Waals surface area contributed by atoms with E-state index in [0.717, 1.165) is 0 Å². The van der Waals surface area contributed by atoms with Gasteiger partial charge in [-0.3, -0.25) is 9.20 Å². The van der Waals surface area contributed by atoms with E-state index >= 15 is 0 Å². The van der Waals surface area contributed by atoms with Gasteiger partial charge in [-0.1, -0.05) is 0 Å². The number of nitrogens with one attached hydrogen (secondary N) is 1. The number of pyridine rings is 1. The standard InChI is InChI=1S/C16H22N4O4S/c1-4-24-13-6-5-8-20-14(11(2)17-15(13)20)16(21)18-12-7-9-19(10-12)25(3,22)23/h5-6,8,12H,4,7,9-10H2,1-3H3,(H,18,21)/t12-/m1/s1. The molecule has 3 heterocycles. The molecule has 1 fully saturated rings. The van der Waals surface area contributed by atoms with Crippen molar-refractivity contribution >= 4 is 21.6 Å². The van der Waals surface area contributed by atoms with E-state index in [1.807, 2.05) is 13.0 Å². The largest absolute Gasteiger partial charge is 0.490 e. The van der Waals surface area contributed by atoms with Crippen LogP contribution < -0.4 is 10.1 Å². The Morgan fingerprint density at radius 1 is 1.48 bits per heavy atom. The van der Waals surface area contributed by atoms with Gasteiger partial charge in [-0.05, 0) is 32.4 Å². The van der Waals surface area contributed by atoms with Crippen molar-refractivity contribution in [1.29, 1.82) is 0 Å². The van der Waals surface area contributed by atoms with Gasteiger partial charge in [-0.2, -0.15) is 0 Å². The molecule has 0 aliphatic carbocycles. The fourth-order valence-electron chi connectivity index (χ4n) is 3.10. The van der Waals surface area contributed by atoms with Crippen LogP contribution in [-0.4, -0.2) is 60.0 Å². The van der Waals surface area contributed by atoms with Crippen LogP contribution in [0.2, 0.25) is 0 Å². The number of carbonyl (C=O) groups excluding carboxylic acids is 1. The molecule has 1 atom stereocenters. The normalized spacial score (nSPS) is 18.6. The highest BCUT2D eigenvalue weighted by Gasteiger charge is 2.30. The summed E-state index contributed by atoms with van der Waals surface area (Å²) in [6, 6.07) is 3.41. The van der Waals surface area contributed by atoms with Crippen LogP contribution in [0.15, 0.2) is 18.3 Å². The monoisotopic (exact) mass is 366 g/mol. The molecule has 2 aromatic rings. The number of nitrogens with zero attached hydrogens (tertiary/aromatic N) is 3. The van der Waals surface area contributed by atoms with Crippen molar-refractivity contribution in [2.75, 3.05) is 26.0 Å². The minimum absolute atomic E-state index is 0.206. The Morgan fingerprint density at radius 3 is 2.88 bits per heavy atom. The van der Waals surface area contributed by atoms with Crippen LogP contribution >= 0.6 is 0 Å².